The first-order valence-electron chi connectivity index (χ1n) is 6.18. The van der Waals surface area contributed by atoms with Crippen LogP contribution in [0.3, 0.4) is 0 Å². The lowest BCUT2D eigenvalue weighted by Crippen LogP contribution is -2.52. The maximum atomic E-state index is 11.9. The van der Waals surface area contributed by atoms with Gasteiger partial charge in [0.05, 0.1) is 7.11 Å². The zero-order valence-electron chi connectivity index (χ0n) is 11.1. The second-order valence-electron chi connectivity index (χ2n) is 4.89. The number of hydrogen-bond donors (Lipinski definition) is 2. The van der Waals surface area contributed by atoms with Gasteiger partial charge >= 0.3 is 0 Å². The number of nitrogens with zero attached hydrogens (tertiary/aromatic N) is 1. The average Bonchev–Trinajstić information content (AvgIpc) is 2.37. The summed E-state index contributed by atoms with van der Waals surface area (Å²) < 4.78 is 18.2. The maximum absolute atomic E-state index is 11.9. The summed E-state index contributed by atoms with van der Waals surface area (Å²) in [6.45, 7) is 4.59. The third-order valence-electron chi connectivity index (χ3n) is 3.52. The predicted octanol–water partition coefficient (Wildman–Crippen LogP) is 0.844. The lowest BCUT2D eigenvalue weighted by atomic mass is 9.88. The molecule has 0 aliphatic carbocycles. The summed E-state index contributed by atoms with van der Waals surface area (Å²) in [4.78, 5) is 11.8. The smallest absolute Gasteiger partial charge is 0.262 e. The molecule has 4 atom stereocenters. The molecule has 6 nitrogen and oxygen atoms in total. The summed E-state index contributed by atoms with van der Waals surface area (Å²) in [6, 6.07) is -0.622. The Labute approximate surface area is 110 Å². The molecule has 1 aliphatic rings. The van der Waals surface area contributed by atoms with Crippen molar-refractivity contribution in [1.82, 2.24) is 9.79 Å². The predicted molar refractivity (Wildman–Crippen MR) is 67.8 cm³/mol. The van der Waals surface area contributed by atoms with Crippen LogP contribution in [0.25, 0.3) is 0 Å². The summed E-state index contributed by atoms with van der Waals surface area (Å²) in [5.74, 6) is 0.0170. The van der Waals surface area contributed by atoms with Crippen molar-refractivity contribution >= 4 is 17.2 Å². The van der Waals surface area contributed by atoms with E-state index in [0.717, 1.165) is 19.3 Å². The third-order valence-corrected chi connectivity index (χ3v) is 4.60. The summed E-state index contributed by atoms with van der Waals surface area (Å²) in [5.41, 5.74) is 1.66. The minimum absolute atomic E-state index is 0.0130. The van der Waals surface area contributed by atoms with Gasteiger partial charge in [0.15, 0.2) is 0 Å². The van der Waals surface area contributed by atoms with E-state index in [1.165, 1.54) is 11.4 Å². The van der Waals surface area contributed by atoms with Gasteiger partial charge in [-0.15, -0.1) is 0 Å². The summed E-state index contributed by atoms with van der Waals surface area (Å²) in [5, 5.41) is 8.83. The number of nitrogens with one attached hydrogen (secondary N) is 1. The van der Waals surface area contributed by atoms with Gasteiger partial charge in [0.1, 0.15) is 6.04 Å². The first-order chi connectivity index (χ1) is 8.51. The molecular formula is C11H22N2O4S. The zero-order valence-corrected chi connectivity index (χ0v) is 11.9. The lowest BCUT2D eigenvalue weighted by Gasteiger charge is -2.35. The van der Waals surface area contributed by atoms with Crippen molar-refractivity contribution in [1.29, 1.82) is 0 Å². The number of hydrogen-bond acceptors (Lipinski definition) is 4. The molecule has 0 aromatic carbocycles. The van der Waals surface area contributed by atoms with Gasteiger partial charge in [0.25, 0.3) is 5.91 Å². The van der Waals surface area contributed by atoms with E-state index in [9.17, 15) is 9.00 Å². The molecule has 4 unspecified atom stereocenters. The number of carbonyl (C=O) groups is 1. The van der Waals surface area contributed by atoms with Crippen LogP contribution in [0.5, 0.6) is 0 Å². The zero-order chi connectivity index (χ0) is 13.7. The van der Waals surface area contributed by atoms with E-state index < -0.39 is 23.2 Å². The Hall–Kier alpha value is -0.500. The molecule has 1 rings (SSSR count). The Bertz CT molecular complexity index is 313. The van der Waals surface area contributed by atoms with Crippen molar-refractivity contribution in [3.05, 3.63) is 0 Å². The van der Waals surface area contributed by atoms with Crippen molar-refractivity contribution in [2.24, 2.45) is 11.8 Å². The highest BCUT2D eigenvalue weighted by atomic mass is 32.2. The van der Waals surface area contributed by atoms with E-state index in [-0.39, 0.29) is 5.92 Å². The van der Waals surface area contributed by atoms with Gasteiger partial charge in [0, 0.05) is 6.54 Å². The monoisotopic (exact) mass is 278 g/mol. The summed E-state index contributed by atoms with van der Waals surface area (Å²) in [7, 11) is 1.34. The van der Waals surface area contributed by atoms with Crippen molar-refractivity contribution in [3.8, 4) is 0 Å². The van der Waals surface area contributed by atoms with E-state index >= 15 is 0 Å². The molecule has 1 aliphatic heterocycles. The lowest BCUT2D eigenvalue weighted by molar-refractivity contribution is -0.135. The van der Waals surface area contributed by atoms with Crippen LogP contribution in [0.1, 0.15) is 33.1 Å². The van der Waals surface area contributed by atoms with Crippen LogP contribution in [0.2, 0.25) is 0 Å². The van der Waals surface area contributed by atoms with Crippen molar-refractivity contribution in [2.45, 2.75) is 39.2 Å². The molecule has 1 amide bonds. The molecule has 0 saturated carbocycles. The quantitative estimate of drug-likeness (QED) is 0.592. The molecule has 7 heteroatoms. The van der Waals surface area contributed by atoms with E-state index in [1.807, 2.05) is 6.92 Å². The van der Waals surface area contributed by atoms with E-state index in [1.54, 1.807) is 5.48 Å². The molecule has 0 aromatic heterocycles. The van der Waals surface area contributed by atoms with E-state index in [0.29, 0.717) is 12.5 Å². The van der Waals surface area contributed by atoms with Crippen molar-refractivity contribution in [2.75, 3.05) is 13.7 Å². The first-order valence-corrected chi connectivity index (χ1v) is 7.21. The van der Waals surface area contributed by atoms with Gasteiger partial charge < -0.3 is 0 Å². The van der Waals surface area contributed by atoms with Crippen LogP contribution in [-0.4, -0.2) is 39.3 Å². The fraction of sp³-hybridized carbons (Fsp3) is 0.909. The molecule has 0 bridgehead atoms. The topological polar surface area (TPSA) is 78.9 Å². The Balaban J connectivity index is 2.94. The Kier molecular flexibility index (Phi) is 6.20. The second-order valence-corrected chi connectivity index (χ2v) is 6.13. The molecule has 1 fully saturated rings. The van der Waals surface area contributed by atoms with E-state index in [2.05, 4.69) is 6.92 Å². The van der Waals surface area contributed by atoms with Gasteiger partial charge in [0.2, 0.25) is 11.3 Å². The SMILES string of the molecule is COS(=O)N1CCC(C)CCC(C)C1C(=O)NO. The van der Waals surface area contributed by atoms with Gasteiger partial charge in [-0.2, -0.15) is 4.31 Å². The number of amides is 1. The van der Waals surface area contributed by atoms with Crippen LogP contribution in [0.4, 0.5) is 0 Å². The normalized spacial score (nSPS) is 32.3. The molecule has 106 valence electrons. The van der Waals surface area contributed by atoms with Gasteiger partial charge in [-0.25, -0.2) is 9.69 Å². The first kappa shape index (κ1) is 15.6. The summed E-state index contributed by atoms with van der Waals surface area (Å²) in [6.07, 6.45) is 2.75. The Morgan fingerprint density at radius 2 is 2.06 bits per heavy atom. The third kappa shape index (κ3) is 3.74. The molecular weight excluding hydrogens is 256 g/mol. The van der Waals surface area contributed by atoms with Crippen LogP contribution in [0, 0.1) is 11.8 Å². The minimum atomic E-state index is -1.66. The van der Waals surface area contributed by atoms with Gasteiger partial charge in [-0.1, -0.05) is 20.3 Å². The highest BCUT2D eigenvalue weighted by Crippen LogP contribution is 2.26. The number of rotatable bonds is 3. The van der Waals surface area contributed by atoms with Crippen molar-refractivity contribution < 1.29 is 18.4 Å². The van der Waals surface area contributed by atoms with Crippen molar-refractivity contribution in [3.63, 3.8) is 0 Å². The largest absolute Gasteiger partial charge is 0.289 e. The maximum Gasteiger partial charge on any atom is 0.262 e. The molecule has 18 heavy (non-hydrogen) atoms. The molecule has 0 aromatic rings. The minimum Gasteiger partial charge on any atom is -0.289 e. The van der Waals surface area contributed by atoms with Crippen LogP contribution in [0.15, 0.2) is 0 Å². The molecule has 0 radical (unpaired) electrons. The van der Waals surface area contributed by atoms with Gasteiger partial charge in [-0.05, 0) is 24.7 Å². The highest BCUT2D eigenvalue weighted by Gasteiger charge is 2.36. The Morgan fingerprint density at radius 3 is 2.61 bits per heavy atom. The van der Waals surface area contributed by atoms with Gasteiger partial charge in [-0.3, -0.25) is 14.2 Å². The molecule has 0 spiro atoms. The fourth-order valence-electron chi connectivity index (χ4n) is 2.34. The second kappa shape index (κ2) is 7.18. The summed E-state index contributed by atoms with van der Waals surface area (Å²) >= 11 is -1.66. The molecule has 2 N–H and O–H groups in total. The standard InChI is InChI=1S/C11H22N2O4S/c1-8-4-5-9(2)10(11(14)12-15)13(7-6-8)18(16)17-3/h8-10,15H,4-7H2,1-3H3,(H,12,14). The van der Waals surface area contributed by atoms with Crippen LogP contribution < -0.4 is 5.48 Å². The van der Waals surface area contributed by atoms with Crippen LogP contribution in [-0.2, 0) is 20.2 Å². The number of hydroxylamine groups is 1. The fourth-order valence-corrected chi connectivity index (χ4v) is 3.27. The Morgan fingerprint density at radius 1 is 1.39 bits per heavy atom. The van der Waals surface area contributed by atoms with E-state index in [4.69, 9.17) is 9.39 Å². The molecule has 1 heterocycles. The highest BCUT2D eigenvalue weighted by molar-refractivity contribution is 7.77. The average molecular weight is 278 g/mol. The number of carbonyl (C=O) groups excluding carboxylic acids is 1. The molecule has 1 saturated heterocycles. The van der Waals surface area contributed by atoms with Crippen LogP contribution >= 0.6 is 0 Å².